The van der Waals surface area contributed by atoms with Crippen molar-refractivity contribution in [3.05, 3.63) is 76.0 Å². The smallest absolute Gasteiger partial charge is 0.421 e. The predicted molar refractivity (Wildman–Crippen MR) is 115 cm³/mol. The van der Waals surface area contributed by atoms with Crippen LogP contribution in [-0.4, -0.2) is 35.3 Å². The van der Waals surface area contributed by atoms with Crippen molar-refractivity contribution in [1.82, 2.24) is 5.32 Å². The van der Waals surface area contributed by atoms with Gasteiger partial charge in [-0.15, -0.1) is 11.3 Å². The quantitative estimate of drug-likeness (QED) is 0.549. The standard InChI is InChI=1S/C23H22F3NO4S/c1-15(18-7-8-19(32-18)21(30)27-14-11-20(28)29)31-22(23(24,25)26)12-9-17(10-13-22)16-5-3-2-4-6-16/h2-10,12,15H,11,13-14H2,1H3,(H,27,30)(H,28,29). The van der Waals surface area contributed by atoms with Crippen LogP contribution >= 0.6 is 11.3 Å². The predicted octanol–water partition coefficient (Wildman–Crippen LogP) is 5.37. The summed E-state index contributed by atoms with van der Waals surface area (Å²) in [6.45, 7) is 1.47. The number of ether oxygens (including phenoxy) is 1. The van der Waals surface area contributed by atoms with E-state index in [-0.39, 0.29) is 24.3 Å². The Balaban J connectivity index is 1.72. The van der Waals surface area contributed by atoms with Gasteiger partial charge in [-0.2, -0.15) is 13.2 Å². The van der Waals surface area contributed by atoms with E-state index in [9.17, 15) is 22.8 Å². The minimum Gasteiger partial charge on any atom is -0.481 e. The van der Waals surface area contributed by atoms with Gasteiger partial charge in [0.25, 0.3) is 5.91 Å². The Morgan fingerprint density at radius 1 is 1.22 bits per heavy atom. The van der Waals surface area contributed by atoms with E-state index in [1.54, 1.807) is 6.07 Å². The Labute approximate surface area is 187 Å². The lowest BCUT2D eigenvalue weighted by atomic mass is 9.88. The summed E-state index contributed by atoms with van der Waals surface area (Å²) < 4.78 is 47.6. The molecule has 2 N–H and O–H groups in total. The van der Waals surface area contributed by atoms with E-state index >= 15 is 0 Å². The number of allylic oxidation sites excluding steroid dienone is 2. The molecule has 1 aliphatic carbocycles. The van der Waals surface area contributed by atoms with Gasteiger partial charge < -0.3 is 15.2 Å². The Hall–Kier alpha value is -2.91. The second-order valence-corrected chi connectivity index (χ2v) is 8.43. The molecule has 1 amide bonds. The van der Waals surface area contributed by atoms with Crippen LogP contribution in [0.5, 0.6) is 0 Å². The Bertz CT molecular complexity index is 1030. The number of amides is 1. The van der Waals surface area contributed by atoms with E-state index in [1.807, 2.05) is 30.3 Å². The number of alkyl halides is 3. The molecule has 2 atom stereocenters. The Morgan fingerprint density at radius 3 is 2.53 bits per heavy atom. The molecule has 0 saturated heterocycles. The van der Waals surface area contributed by atoms with Crippen molar-refractivity contribution in [2.24, 2.45) is 0 Å². The number of carbonyl (C=O) groups excluding carboxylic acids is 1. The minimum atomic E-state index is -4.63. The number of carboxylic acid groups (broad SMARTS) is 1. The highest BCUT2D eigenvalue weighted by atomic mass is 32.1. The van der Waals surface area contributed by atoms with Gasteiger partial charge in [0.1, 0.15) is 0 Å². The maximum atomic E-state index is 14.0. The van der Waals surface area contributed by atoms with Gasteiger partial charge in [-0.1, -0.05) is 42.5 Å². The fourth-order valence-corrected chi connectivity index (χ4v) is 4.17. The summed E-state index contributed by atoms with van der Waals surface area (Å²) in [5, 5.41) is 11.1. The van der Waals surface area contributed by atoms with Gasteiger partial charge in [0.05, 0.1) is 17.4 Å². The third-order valence-corrected chi connectivity index (χ3v) is 6.25. The average molecular weight is 465 g/mol. The number of nitrogens with one attached hydrogen (secondary N) is 1. The number of aliphatic carboxylic acids is 1. The van der Waals surface area contributed by atoms with Gasteiger partial charge in [-0.3, -0.25) is 9.59 Å². The molecule has 5 nitrogen and oxygen atoms in total. The second kappa shape index (κ2) is 9.70. The number of thiophene rings is 1. The van der Waals surface area contributed by atoms with Crippen LogP contribution in [0.1, 0.15) is 46.0 Å². The van der Waals surface area contributed by atoms with E-state index in [2.05, 4.69) is 5.32 Å². The Morgan fingerprint density at radius 2 is 1.94 bits per heavy atom. The van der Waals surface area contributed by atoms with Crippen molar-refractivity contribution < 1.29 is 32.6 Å². The van der Waals surface area contributed by atoms with Crippen LogP contribution in [0.4, 0.5) is 13.2 Å². The lowest BCUT2D eigenvalue weighted by Crippen LogP contribution is -2.47. The van der Waals surface area contributed by atoms with Crippen LogP contribution in [0.3, 0.4) is 0 Å². The monoisotopic (exact) mass is 465 g/mol. The van der Waals surface area contributed by atoms with Crippen molar-refractivity contribution in [2.75, 3.05) is 6.54 Å². The highest BCUT2D eigenvalue weighted by Gasteiger charge is 2.55. The van der Waals surface area contributed by atoms with Crippen LogP contribution < -0.4 is 5.32 Å². The molecule has 0 aliphatic heterocycles. The van der Waals surface area contributed by atoms with Gasteiger partial charge in [0.15, 0.2) is 5.60 Å². The first-order valence-electron chi connectivity index (χ1n) is 9.90. The van der Waals surface area contributed by atoms with Crippen LogP contribution in [-0.2, 0) is 9.53 Å². The van der Waals surface area contributed by atoms with E-state index in [0.717, 1.165) is 23.0 Å². The zero-order chi connectivity index (χ0) is 23.4. The molecule has 0 radical (unpaired) electrons. The first-order valence-corrected chi connectivity index (χ1v) is 10.7. The molecule has 1 aliphatic rings. The maximum absolute atomic E-state index is 14.0. The van der Waals surface area contributed by atoms with Gasteiger partial charge >= 0.3 is 12.1 Å². The fraction of sp³-hybridized carbons (Fsp3) is 0.304. The molecule has 0 saturated carbocycles. The Kier molecular flexibility index (Phi) is 7.20. The SMILES string of the molecule is CC(OC1(C(F)(F)F)C=CC(c2ccccc2)=CC1)c1ccc(C(=O)NCCC(=O)O)s1. The number of rotatable bonds is 8. The summed E-state index contributed by atoms with van der Waals surface area (Å²) in [6, 6.07) is 12.2. The zero-order valence-corrected chi connectivity index (χ0v) is 18.0. The van der Waals surface area contributed by atoms with Crippen LogP contribution in [0.25, 0.3) is 5.57 Å². The first kappa shape index (κ1) is 23.7. The van der Waals surface area contributed by atoms with E-state index in [1.165, 1.54) is 25.1 Å². The molecule has 2 aromatic rings. The van der Waals surface area contributed by atoms with Gasteiger partial charge in [-0.25, -0.2) is 0 Å². The number of halogens is 3. The normalized spacial score (nSPS) is 19.3. The van der Waals surface area contributed by atoms with Crippen LogP contribution in [0.2, 0.25) is 0 Å². The van der Waals surface area contributed by atoms with Crippen molar-refractivity contribution in [3.8, 4) is 0 Å². The molecule has 3 rings (SSSR count). The number of hydrogen-bond acceptors (Lipinski definition) is 4. The lowest BCUT2D eigenvalue weighted by molar-refractivity contribution is -0.269. The molecule has 0 bridgehead atoms. The maximum Gasteiger partial charge on any atom is 0.421 e. The topological polar surface area (TPSA) is 75.6 Å². The number of benzene rings is 1. The third-order valence-electron chi connectivity index (χ3n) is 5.01. The average Bonchev–Trinajstić information content (AvgIpc) is 3.24. The van der Waals surface area contributed by atoms with Crippen molar-refractivity contribution in [3.63, 3.8) is 0 Å². The molecule has 0 spiro atoms. The molecule has 2 unspecified atom stereocenters. The van der Waals surface area contributed by atoms with Crippen molar-refractivity contribution in [2.45, 2.75) is 37.6 Å². The summed E-state index contributed by atoms with van der Waals surface area (Å²) in [5.74, 6) is -1.52. The van der Waals surface area contributed by atoms with Crippen LogP contribution in [0.15, 0.2) is 60.7 Å². The second-order valence-electron chi connectivity index (χ2n) is 7.31. The van der Waals surface area contributed by atoms with Gasteiger partial charge in [-0.05, 0) is 36.3 Å². The highest BCUT2D eigenvalue weighted by Crippen LogP contribution is 2.45. The highest BCUT2D eigenvalue weighted by molar-refractivity contribution is 7.14. The molecule has 170 valence electrons. The summed E-state index contributed by atoms with van der Waals surface area (Å²) >= 11 is 1.01. The fourth-order valence-electron chi connectivity index (χ4n) is 3.27. The molecular weight excluding hydrogens is 443 g/mol. The third kappa shape index (κ3) is 5.46. The first-order chi connectivity index (χ1) is 15.1. The minimum absolute atomic E-state index is 0.0362. The van der Waals surface area contributed by atoms with Gasteiger partial charge in [0.2, 0.25) is 0 Å². The summed E-state index contributed by atoms with van der Waals surface area (Å²) in [4.78, 5) is 23.4. The molecule has 0 fully saturated rings. The zero-order valence-electron chi connectivity index (χ0n) is 17.2. The van der Waals surface area contributed by atoms with Crippen molar-refractivity contribution >= 4 is 28.8 Å². The largest absolute Gasteiger partial charge is 0.481 e. The summed E-state index contributed by atoms with van der Waals surface area (Å²) in [5.41, 5.74) is -0.957. The molecule has 1 aromatic carbocycles. The van der Waals surface area contributed by atoms with Crippen molar-refractivity contribution in [1.29, 1.82) is 0 Å². The summed E-state index contributed by atoms with van der Waals surface area (Å²) in [6.07, 6.45) is -2.14. The number of carboxylic acids is 1. The van der Waals surface area contributed by atoms with E-state index in [0.29, 0.717) is 10.5 Å². The van der Waals surface area contributed by atoms with E-state index < -0.39 is 29.8 Å². The molecule has 32 heavy (non-hydrogen) atoms. The van der Waals surface area contributed by atoms with Crippen LogP contribution in [0, 0.1) is 0 Å². The lowest BCUT2D eigenvalue weighted by Gasteiger charge is -2.36. The van der Waals surface area contributed by atoms with Gasteiger partial charge in [0, 0.05) is 17.8 Å². The molecule has 1 aromatic heterocycles. The molecule has 1 heterocycles. The number of carbonyl (C=O) groups is 2. The number of hydrogen-bond donors (Lipinski definition) is 2. The van der Waals surface area contributed by atoms with E-state index in [4.69, 9.17) is 9.84 Å². The molecular formula is C23H22F3NO4S. The summed E-state index contributed by atoms with van der Waals surface area (Å²) in [7, 11) is 0. The molecule has 9 heteroatoms.